The maximum Gasteiger partial charge on any atom is 0.227 e. The third-order valence-corrected chi connectivity index (χ3v) is 5.41. The Hall–Kier alpha value is -2.69. The molecule has 2 aromatic carbocycles. The standard InChI is InChI=1S/C23H27FN2O2/c1-16-2-12-21(13-3-16)26-23(28)19-8-6-18(7-9-19)22(27)25-15-14-17-4-10-20(24)11-5-17/h2-5,10-13,18-19H,6-9,14-15H2,1H3,(H,25,27)(H,26,28). The van der Waals surface area contributed by atoms with Crippen molar-refractivity contribution in [1.82, 2.24) is 5.32 Å². The predicted molar refractivity (Wildman–Crippen MR) is 108 cm³/mol. The Labute approximate surface area is 165 Å². The minimum absolute atomic E-state index is 0.0309. The van der Waals surface area contributed by atoms with Crippen LogP contribution in [0.3, 0.4) is 0 Å². The van der Waals surface area contributed by atoms with Gasteiger partial charge in [0.25, 0.3) is 0 Å². The van der Waals surface area contributed by atoms with Crippen molar-refractivity contribution in [2.24, 2.45) is 11.8 Å². The van der Waals surface area contributed by atoms with E-state index in [1.165, 1.54) is 12.1 Å². The van der Waals surface area contributed by atoms with Crippen LogP contribution in [0.25, 0.3) is 0 Å². The van der Waals surface area contributed by atoms with Crippen molar-refractivity contribution in [3.05, 3.63) is 65.5 Å². The molecule has 5 heteroatoms. The number of carbonyl (C=O) groups is 2. The summed E-state index contributed by atoms with van der Waals surface area (Å²) in [6, 6.07) is 14.1. The summed E-state index contributed by atoms with van der Waals surface area (Å²) >= 11 is 0. The summed E-state index contributed by atoms with van der Waals surface area (Å²) in [5.74, 6) is -0.226. The van der Waals surface area contributed by atoms with E-state index in [9.17, 15) is 14.0 Å². The molecule has 0 atom stereocenters. The topological polar surface area (TPSA) is 58.2 Å². The molecular formula is C23H27FN2O2. The molecule has 0 unspecified atom stereocenters. The zero-order chi connectivity index (χ0) is 19.9. The first kappa shape index (κ1) is 20.1. The van der Waals surface area contributed by atoms with Crippen LogP contribution in [0, 0.1) is 24.6 Å². The smallest absolute Gasteiger partial charge is 0.227 e. The molecule has 1 fully saturated rings. The molecule has 1 aliphatic rings. The van der Waals surface area contributed by atoms with Gasteiger partial charge in [0.15, 0.2) is 0 Å². The third kappa shape index (κ3) is 5.65. The van der Waals surface area contributed by atoms with E-state index in [0.717, 1.165) is 42.5 Å². The van der Waals surface area contributed by atoms with E-state index in [0.29, 0.717) is 13.0 Å². The van der Waals surface area contributed by atoms with E-state index in [-0.39, 0.29) is 29.5 Å². The summed E-state index contributed by atoms with van der Waals surface area (Å²) in [5.41, 5.74) is 2.97. The summed E-state index contributed by atoms with van der Waals surface area (Å²) in [4.78, 5) is 24.8. The highest BCUT2D eigenvalue weighted by Crippen LogP contribution is 2.30. The predicted octanol–water partition coefficient (Wildman–Crippen LogP) is 4.24. The number of amides is 2. The van der Waals surface area contributed by atoms with Gasteiger partial charge in [-0.2, -0.15) is 0 Å². The lowest BCUT2D eigenvalue weighted by molar-refractivity contribution is -0.128. The van der Waals surface area contributed by atoms with Gasteiger partial charge in [-0.1, -0.05) is 29.8 Å². The van der Waals surface area contributed by atoms with Crippen LogP contribution in [0.5, 0.6) is 0 Å². The summed E-state index contributed by atoms with van der Waals surface area (Å²) in [6.07, 6.45) is 3.60. The van der Waals surface area contributed by atoms with Crippen LogP contribution < -0.4 is 10.6 Å². The zero-order valence-corrected chi connectivity index (χ0v) is 16.2. The van der Waals surface area contributed by atoms with Crippen LogP contribution in [-0.4, -0.2) is 18.4 Å². The molecule has 2 aromatic rings. The fraction of sp³-hybridized carbons (Fsp3) is 0.391. The van der Waals surface area contributed by atoms with Crippen molar-refractivity contribution in [2.45, 2.75) is 39.0 Å². The molecular weight excluding hydrogens is 355 g/mol. The Morgan fingerprint density at radius 3 is 2.07 bits per heavy atom. The molecule has 4 nitrogen and oxygen atoms in total. The summed E-state index contributed by atoms with van der Waals surface area (Å²) in [6.45, 7) is 2.55. The van der Waals surface area contributed by atoms with E-state index in [4.69, 9.17) is 0 Å². The van der Waals surface area contributed by atoms with Gasteiger partial charge in [0.05, 0.1) is 0 Å². The van der Waals surface area contributed by atoms with Crippen LogP contribution in [0.15, 0.2) is 48.5 Å². The Balaban J connectivity index is 1.39. The molecule has 3 rings (SSSR count). The fourth-order valence-electron chi connectivity index (χ4n) is 3.62. The zero-order valence-electron chi connectivity index (χ0n) is 16.2. The quantitative estimate of drug-likeness (QED) is 0.785. The summed E-state index contributed by atoms with van der Waals surface area (Å²) < 4.78 is 12.9. The van der Waals surface area contributed by atoms with Gasteiger partial charge in [0, 0.05) is 24.1 Å². The first-order chi connectivity index (χ1) is 13.5. The minimum Gasteiger partial charge on any atom is -0.356 e. The van der Waals surface area contributed by atoms with Crippen LogP contribution >= 0.6 is 0 Å². The lowest BCUT2D eigenvalue weighted by Crippen LogP contribution is -2.36. The Kier molecular flexibility index (Phi) is 6.80. The van der Waals surface area contributed by atoms with Crippen molar-refractivity contribution in [1.29, 1.82) is 0 Å². The molecule has 0 heterocycles. The maximum atomic E-state index is 12.9. The highest BCUT2D eigenvalue weighted by molar-refractivity contribution is 5.92. The van der Waals surface area contributed by atoms with Crippen molar-refractivity contribution < 1.29 is 14.0 Å². The number of nitrogens with one attached hydrogen (secondary N) is 2. The van der Waals surface area contributed by atoms with Gasteiger partial charge in [-0.15, -0.1) is 0 Å². The third-order valence-electron chi connectivity index (χ3n) is 5.41. The van der Waals surface area contributed by atoms with Gasteiger partial charge in [-0.3, -0.25) is 9.59 Å². The molecule has 0 aliphatic heterocycles. The molecule has 148 valence electrons. The van der Waals surface area contributed by atoms with Crippen molar-refractivity contribution in [2.75, 3.05) is 11.9 Å². The van der Waals surface area contributed by atoms with E-state index in [1.807, 2.05) is 31.2 Å². The number of benzene rings is 2. The van der Waals surface area contributed by atoms with E-state index in [2.05, 4.69) is 10.6 Å². The van der Waals surface area contributed by atoms with E-state index < -0.39 is 0 Å². The summed E-state index contributed by atoms with van der Waals surface area (Å²) in [7, 11) is 0. The Morgan fingerprint density at radius 1 is 0.893 bits per heavy atom. The summed E-state index contributed by atoms with van der Waals surface area (Å²) in [5, 5.41) is 5.94. The molecule has 0 spiro atoms. The van der Waals surface area contributed by atoms with Crippen LogP contribution in [0.2, 0.25) is 0 Å². The highest BCUT2D eigenvalue weighted by atomic mass is 19.1. The number of anilines is 1. The molecule has 1 saturated carbocycles. The highest BCUT2D eigenvalue weighted by Gasteiger charge is 2.29. The number of carbonyl (C=O) groups excluding carboxylic acids is 2. The number of hydrogen-bond acceptors (Lipinski definition) is 2. The SMILES string of the molecule is Cc1ccc(NC(=O)C2CCC(C(=O)NCCc3ccc(F)cc3)CC2)cc1. The average molecular weight is 382 g/mol. The van der Waals surface area contributed by atoms with Gasteiger partial charge in [0.2, 0.25) is 11.8 Å². The fourth-order valence-corrected chi connectivity index (χ4v) is 3.62. The second-order valence-electron chi connectivity index (χ2n) is 7.57. The van der Waals surface area contributed by atoms with Crippen LogP contribution in [-0.2, 0) is 16.0 Å². The molecule has 0 bridgehead atoms. The van der Waals surface area contributed by atoms with Gasteiger partial charge in [0.1, 0.15) is 5.82 Å². The lowest BCUT2D eigenvalue weighted by Gasteiger charge is -2.27. The molecule has 28 heavy (non-hydrogen) atoms. The number of rotatable bonds is 6. The molecule has 0 radical (unpaired) electrons. The van der Waals surface area contributed by atoms with Crippen molar-refractivity contribution in [3.8, 4) is 0 Å². The minimum atomic E-state index is -0.254. The molecule has 2 N–H and O–H groups in total. The van der Waals surface area contributed by atoms with Crippen LogP contribution in [0.4, 0.5) is 10.1 Å². The number of halogens is 1. The van der Waals surface area contributed by atoms with Crippen molar-refractivity contribution in [3.63, 3.8) is 0 Å². The lowest BCUT2D eigenvalue weighted by atomic mass is 9.81. The number of hydrogen-bond donors (Lipinski definition) is 2. The molecule has 2 amide bonds. The van der Waals surface area contributed by atoms with Gasteiger partial charge < -0.3 is 10.6 Å². The molecule has 1 aliphatic carbocycles. The maximum absolute atomic E-state index is 12.9. The second kappa shape index (κ2) is 9.49. The van der Waals surface area contributed by atoms with Gasteiger partial charge in [-0.05, 0) is 68.9 Å². The second-order valence-corrected chi connectivity index (χ2v) is 7.57. The molecule has 0 saturated heterocycles. The Bertz CT molecular complexity index is 794. The van der Waals surface area contributed by atoms with E-state index in [1.54, 1.807) is 12.1 Å². The molecule has 0 aromatic heterocycles. The first-order valence-electron chi connectivity index (χ1n) is 9.91. The normalized spacial score (nSPS) is 19.1. The average Bonchev–Trinajstić information content (AvgIpc) is 2.71. The van der Waals surface area contributed by atoms with E-state index >= 15 is 0 Å². The Morgan fingerprint density at radius 2 is 1.46 bits per heavy atom. The van der Waals surface area contributed by atoms with Crippen LogP contribution in [0.1, 0.15) is 36.8 Å². The van der Waals surface area contributed by atoms with Gasteiger partial charge in [-0.25, -0.2) is 4.39 Å². The number of aryl methyl sites for hydroxylation is 1. The van der Waals surface area contributed by atoms with Gasteiger partial charge >= 0.3 is 0 Å². The largest absolute Gasteiger partial charge is 0.356 e. The first-order valence-corrected chi connectivity index (χ1v) is 9.91. The van der Waals surface area contributed by atoms with Crippen molar-refractivity contribution >= 4 is 17.5 Å². The monoisotopic (exact) mass is 382 g/mol.